The Kier molecular flexibility index (Phi) is 8.18. The number of nitrogens with zero attached hydrogens (tertiary/aromatic N) is 2. The van der Waals surface area contributed by atoms with Gasteiger partial charge in [0.15, 0.2) is 0 Å². The van der Waals surface area contributed by atoms with Gasteiger partial charge in [0, 0.05) is 24.9 Å². The Bertz CT molecular complexity index is 1040. The van der Waals surface area contributed by atoms with Crippen molar-refractivity contribution in [3.8, 4) is 0 Å². The molecule has 0 unspecified atom stereocenters. The average Bonchev–Trinajstić information content (AvgIpc) is 3.33. The maximum atomic E-state index is 11.6. The van der Waals surface area contributed by atoms with E-state index in [0.29, 0.717) is 47.7 Å². The van der Waals surface area contributed by atoms with E-state index in [1.807, 2.05) is 27.4 Å². The molecule has 0 aliphatic carbocycles. The van der Waals surface area contributed by atoms with Gasteiger partial charge in [-0.3, -0.25) is 0 Å². The van der Waals surface area contributed by atoms with Gasteiger partial charge in [0.05, 0.1) is 29.0 Å². The highest BCUT2D eigenvalue weighted by atomic mass is 35.5. The quantitative estimate of drug-likeness (QED) is 0.456. The van der Waals surface area contributed by atoms with Crippen LogP contribution in [0.3, 0.4) is 0 Å². The summed E-state index contributed by atoms with van der Waals surface area (Å²) in [6.45, 7) is 5.55. The molecule has 0 N–H and O–H groups in total. The lowest BCUT2D eigenvalue weighted by molar-refractivity contribution is 0.0505. The number of allylic oxidation sites excluding steroid dienone is 2. The summed E-state index contributed by atoms with van der Waals surface area (Å²) in [4.78, 5) is 23.2. The van der Waals surface area contributed by atoms with Crippen LogP contribution in [0.15, 0.2) is 30.0 Å². The Morgan fingerprint density at radius 1 is 0.967 bits per heavy atom. The number of aromatic nitrogens is 2. The number of halogens is 2. The summed E-state index contributed by atoms with van der Waals surface area (Å²) >= 11 is 11.9. The van der Waals surface area contributed by atoms with Crippen molar-refractivity contribution >= 4 is 47.3 Å². The zero-order valence-corrected chi connectivity index (χ0v) is 17.6. The predicted octanol–water partition coefficient (Wildman–Crippen LogP) is 5.48. The minimum absolute atomic E-state index is 0. The number of ether oxygens (including phenoxy) is 2. The maximum Gasteiger partial charge on any atom is 0.356 e. The van der Waals surface area contributed by atoms with Gasteiger partial charge in [-0.2, -0.15) is 0 Å². The molecule has 6 nitrogen and oxygen atoms in total. The highest BCUT2D eigenvalue weighted by molar-refractivity contribution is 6.34. The summed E-state index contributed by atoms with van der Waals surface area (Å²) in [5.41, 5.74) is 5.68. The molecule has 4 rings (SSSR count). The Labute approximate surface area is 186 Å². The SMILES string of the molecule is C.CCOC(=O)c1c(Cl)cc2n1CC=C2.CCOC(=O)c1c(Cl)cc2n1CC=C=C2. The van der Waals surface area contributed by atoms with E-state index in [0.717, 1.165) is 11.4 Å². The van der Waals surface area contributed by atoms with E-state index >= 15 is 0 Å². The third kappa shape index (κ3) is 4.73. The fourth-order valence-corrected chi connectivity index (χ4v) is 3.68. The van der Waals surface area contributed by atoms with Crippen molar-refractivity contribution in [3.63, 3.8) is 0 Å². The van der Waals surface area contributed by atoms with Crippen molar-refractivity contribution in [2.75, 3.05) is 13.2 Å². The summed E-state index contributed by atoms with van der Waals surface area (Å²) in [6, 6.07) is 3.52. The molecule has 0 saturated carbocycles. The van der Waals surface area contributed by atoms with E-state index in [-0.39, 0.29) is 19.4 Å². The van der Waals surface area contributed by atoms with Gasteiger partial charge in [-0.15, -0.1) is 5.73 Å². The van der Waals surface area contributed by atoms with Gasteiger partial charge >= 0.3 is 11.9 Å². The number of fused-ring (bicyclic) bond motifs is 2. The molecule has 0 fully saturated rings. The number of carbonyl (C=O) groups excluding carboxylic acids is 2. The third-order valence-corrected chi connectivity index (χ3v) is 4.88. The van der Waals surface area contributed by atoms with Gasteiger partial charge in [0.1, 0.15) is 11.4 Å². The van der Waals surface area contributed by atoms with Gasteiger partial charge in [0.2, 0.25) is 0 Å². The summed E-state index contributed by atoms with van der Waals surface area (Å²) in [7, 11) is 0. The van der Waals surface area contributed by atoms with E-state index in [4.69, 9.17) is 32.7 Å². The monoisotopic (exact) mass is 450 g/mol. The smallest absolute Gasteiger partial charge is 0.356 e. The molecule has 0 bridgehead atoms. The van der Waals surface area contributed by atoms with Crippen LogP contribution in [0.2, 0.25) is 10.0 Å². The Hall–Kier alpha value is -2.66. The number of carbonyl (C=O) groups is 2. The lowest BCUT2D eigenvalue weighted by Gasteiger charge is -2.09. The summed E-state index contributed by atoms with van der Waals surface area (Å²) in [5, 5.41) is 0.889. The number of esters is 2. The Morgan fingerprint density at radius 2 is 1.50 bits per heavy atom. The molecule has 0 aromatic carbocycles. The average molecular weight is 451 g/mol. The first-order valence-electron chi connectivity index (χ1n) is 9.17. The molecule has 4 heterocycles. The largest absolute Gasteiger partial charge is 0.461 e. The second kappa shape index (κ2) is 10.4. The van der Waals surface area contributed by atoms with Gasteiger partial charge in [-0.1, -0.05) is 36.7 Å². The van der Waals surface area contributed by atoms with Gasteiger partial charge in [0.25, 0.3) is 0 Å². The highest BCUT2D eigenvalue weighted by Gasteiger charge is 2.22. The molecule has 2 aromatic rings. The van der Waals surface area contributed by atoms with Crippen molar-refractivity contribution in [1.82, 2.24) is 9.13 Å². The van der Waals surface area contributed by atoms with Crippen molar-refractivity contribution < 1.29 is 19.1 Å². The fraction of sp³-hybridized carbons (Fsp3) is 0.318. The van der Waals surface area contributed by atoms with Crippen LogP contribution in [0.5, 0.6) is 0 Å². The topological polar surface area (TPSA) is 62.5 Å². The van der Waals surface area contributed by atoms with Crippen molar-refractivity contribution in [1.29, 1.82) is 0 Å². The van der Waals surface area contributed by atoms with Crippen LogP contribution in [-0.4, -0.2) is 34.3 Å². The molecule has 2 aromatic heterocycles. The first-order chi connectivity index (χ1) is 14.0. The third-order valence-electron chi connectivity index (χ3n) is 4.30. The molecule has 0 saturated heterocycles. The molecule has 2 aliphatic rings. The second-order valence-corrected chi connectivity index (χ2v) is 6.93. The zero-order valence-electron chi connectivity index (χ0n) is 16.1. The molecule has 30 heavy (non-hydrogen) atoms. The minimum Gasteiger partial charge on any atom is -0.461 e. The van der Waals surface area contributed by atoms with Crippen LogP contribution < -0.4 is 0 Å². The fourth-order valence-electron chi connectivity index (χ4n) is 3.10. The van der Waals surface area contributed by atoms with Gasteiger partial charge in [-0.05, 0) is 38.1 Å². The van der Waals surface area contributed by atoms with Crippen LogP contribution in [0.25, 0.3) is 12.2 Å². The first kappa shape index (κ1) is 23.6. The minimum atomic E-state index is -0.377. The molecule has 0 radical (unpaired) electrons. The number of hydrogen-bond acceptors (Lipinski definition) is 4. The van der Waals surface area contributed by atoms with E-state index in [1.54, 1.807) is 32.1 Å². The van der Waals surface area contributed by atoms with Crippen LogP contribution >= 0.6 is 23.2 Å². The second-order valence-electron chi connectivity index (χ2n) is 6.11. The lowest BCUT2D eigenvalue weighted by atomic mass is 10.3. The van der Waals surface area contributed by atoms with Gasteiger partial charge in [-0.25, -0.2) is 9.59 Å². The number of rotatable bonds is 4. The predicted molar refractivity (Wildman–Crippen MR) is 119 cm³/mol. The van der Waals surface area contributed by atoms with Crippen LogP contribution in [0.4, 0.5) is 0 Å². The van der Waals surface area contributed by atoms with E-state index in [1.165, 1.54) is 0 Å². The summed E-state index contributed by atoms with van der Waals surface area (Å²) in [5.74, 6) is -0.732. The molecule has 2 aliphatic heterocycles. The standard InChI is InChI=1S/C11H10ClNO2.C10H10ClNO2.CH4/c1-2-15-11(14)10-9(12)7-8-5-3-4-6-13(8)10;1-2-14-10(13)9-8(11)6-7-4-3-5-12(7)9;/h4-5,7H,2,6H2,1H3;3-4,6H,2,5H2,1H3;1H4. The Morgan fingerprint density at radius 3 is 2.07 bits per heavy atom. The van der Waals surface area contributed by atoms with Crippen molar-refractivity contribution in [2.24, 2.45) is 0 Å². The van der Waals surface area contributed by atoms with E-state index in [2.05, 4.69) is 5.73 Å². The summed E-state index contributed by atoms with van der Waals surface area (Å²) < 4.78 is 13.5. The van der Waals surface area contributed by atoms with E-state index in [9.17, 15) is 9.59 Å². The molecular weight excluding hydrogens is 427 g/mol. The zero-order chi connectivity index (χ0) is 21.0. The van der Waals surface area contributed by atoms with Crippen molar-refractivity contribution in [2.45, 2.75) is 34.4 Å². The Balaban J connectivity index is 0.000000207. The normalized spacial score (nSPS) is 12.4. The van der Waals surface area contributed by atoms with Crippen LogP contribution in [0.1, 0.15) is 53.6 Å². The highest BCUT2D eigenvalue weighted by Crippen LogP contribution is 2.26. The maximum absolute atomic E-state index is 11.6. The molecule has 160 valence electrons. The van der Waals surface area contributed by atoms with Crippen LogP contribution in [0, 0.1) is 0 Å². The summed E-state index contributed by atoms with van der Waals surface area (Å²) in [6.07, 6.45) is 7.55. The number of hydrogen-bond donors (Lipinski definition) is 0. The lowest BCUT2D eigenvalue weighted by Crippen LogP contribution is -2.13. The molecule has 0 amide bonds. The molecule has 0 atom stereocenters. The molecular formula is C22H24Cl2N2O4. The molecule has 8 heteroatoms. The van der Waals surface area contributed by atoms with E-state index < -0.39 is 0 Å². The molecule has 0 spiro atoms. The van der Waals surface area contributed by atoms with Crippen molar-refractivity contribution in [3.05, 3.63) is 62.8 Å². The van der Waals surface area contributed by atoms with Gasteiger partial charge < -0.3 is 18.6 Å². The van der Waals surface area contributed by atoms with Crippen LogP contribution in [-0.2, 0) is 22.6 Å². The first-order valence-corrected chi connectivity index (χ1v) is 9.93.